The Morgan fingerprint density at radius 3 is 2.39 bits per heavy atom. The Hall–Kier alpha value is -0.410. The maximum atomic E-state index is 4.89. The van der Waals surface area contributed by atoms with Crippen molar-refractivity contribution in [3.05, 3.63) is 16.1 Å². The molecule has 2 rings (SSSR count). The van der Waals surface area contributed by atoms with Crippen molar-refractivity contribution < 1.29 is 0 Å². The van der Waals surface area contributed by atoms with Gasteiger partial charge in [0.2, 0.25) is 0 Å². The normalized spacial score (nSPS) is 19.0. The molecule has 1 heterocycles. The van der Waals surface area contributed by atoms with Gasteiger partial charge in [-0.25, -0.2) is 4.98 Å². The molecule has 2 nitrogen and oxygen atoms in total. The molecule has 0 spiro atoms. The zero-order valence-corrected chi connectivity index (χ0v) is 13.1. The summed E-state index contributed by atoms with van der Waals surface area (Å²) in [5, 5.41) is 7.24. The second-order valence-electron chi connectivity index (χ2n) is 6.81. The summed E-state index contributed by atoms with van der Waals surface area (Å²) in [6.45, 7) is 11.2. The van der Waals surface area contributed by atoms with E-state index in [-0.39, 0.29) is 5.41 Å². The number of thiazole rings is 1. The largest absolute Gasteiger partial charge is 0.305 e. The highest BCUT2D eigenvalue weighted by atomic mass is 32.1. The van der Waals surface area contributed by atoms with Gasteiger partial charge in [-0.2, -0.15) is 0 Å². The van der Waals surface area contributed by atoms with Gasteiger partial charge in [0.15, 0.2) is 0 Å². The molecule has 0 bridgehead atoms. The highest BCUT2D eigenvalue weighted by Gasteiger charge is 2.31. The van der Waals surface area contributed by atoms with E-state index in [2.05, 4.69) is 45.3 Å². The Bertz CT molecular complexity index is 385. The summed E-state index contributed by atoms with van der Waals surface area (Å²) in [6, 6.07) is 0.998. The van der Waals surface area contributed by atoms with Gasteiger partial charge < -0.3 is 5.32 Å². The number of hydrogen-bond acceptors (Lipinski definition) is 3. The van der Waals surface area contributed by atoms with Crippen LogP contribution in [0.15, 0.2) is 5.38 Å². The second-order valence-corrected chi connectivity index (χ2v) is 7.70. The van der Waals surface area contributed by atoms with E-state index in [4.69, 9.17) is 4.98 Å². The fourth-order valence-corrected chi connectivity index (χ4v) is 3.51. The Labute approximate surface area is 115 Å². The van der Waals surface area contributed by atoms with Gasteiger partial charge in [0.05, 0.1) is 11.7 Å². The second kappa shape index (κ2) is 5.30. The van der Waals surface area contributed by atoms with E-state index in [0.29, 0.717) is 12.1 Å². The molecule has 0 aromatic carbocycles. The Balaban J connectivity index is 2.17. The van der Waals surface area contributed by atoms with Crippen LogP contribution < -0.4 is 5.32 Å². The van der Waals surface area contributed by atoms with Crippen LogP contribution in [0, 0.1) is 5.92 Å². The Morgan fingerprint density at radius 2 is 2.00 bits per heavy atom. The van der Waals surface area contributed by atoms with Gasteiger partial charge in [0.25, 0.3) is 0 Å². The molecular weight excluding hydrogens is 240 g/mol. The van der Waals surface area contributed by atoms with Crippen LogP contribution in [0.5, 0.6) is 0 Å². The first-order chi connectivity index (χ1) is 8.38. The first kappa shape index (κ1) is 14.0. The smallest absolute Gasteiger partial charge is 0.110 e. The van der Waals surface area contributed by atoms with Crippen LogP contribution in [0.25, 0.3) is 0 Å². The highest BCUT2D eigenvalue weighted by molar-refractivity contribution is 7.09. The molecule has 1 N–H and O–H groups in total. The van der Waals surface area contributed by atoms with Crippen molar-refractivity contribution >= 4 is 11.3 Å². The molecule has 1 saturated carbocycles. The number of aromatic nitrogens is 1. The molecule has 1 unspecified atom stereocenters. The molecule has 1 aliphatic rings. The summed E-state index contributed by atoms with van der Waals surface area (Å²) in [6.07, 6.45) is 4.10. The summed E-state index contributed by atoms with van der Waals surface area (Å²) in [4.78, 5) is 4.89. The van der Waals surface area contributed by atoms with Gasteiger partial charge in [-0.3, -0.25) is 0 Å². The van der Waals surface area contributed by atoms with Gasteiger partial charge in [-0.1, -0.05) is 41.0 Å². The van der Waals surface area contributed by atoms with E-state index < -0.39 is 0 Å². The molecule has 102 valence electrons. The third-order valence-electron chi connectivity index (χ3n) is 3.69. The van der Waals surface area contributed by atoms with Gasteiger partial charge in [0, 0.05) is 16.8 Å². The van der Waals surface area contributed by atoms with E-state index in [1.807, 2.05) is 11.3 Å². The topological polar surface area (TPSA) is 24.9 Å². The maximum absolute atomic E-state index is 4.89. The first-order valence-electron chi connectivity index (χ1n) is 7.10. The molecule has 18 heavy (non-hydrogen) atoms. The lowest BCUT2D eigenvalue weighted by atomic mass is 9.79. The zero-order valence-electron chi connectivity index (χ0n) is 12.3. The lowest BCUT2D eigenvalue weighted by Gasteiger charge is -2.34. The van der Waals surface area contributed by atoms with Crippen LogP contribution in [0.4, 0.5) is 0 Å². The summed E-state index contributed by atoms with van der Waals surface area (Å²) in [5.74, 6) is 0.798. The molecule has 1 aromatic heterocycles. The van der Waals surface area contributed by atoms with Crippen molar-refractivity contribution in [2.24, 2.45) is 5.92 Å². The monoisotopic (exact) mass is 266 g/mol. The fraction of sp³-hybridized carbons (Fsp3) is 0.800. The predicted molar refractivity (Wildman–Crippen MR) is 79.2 cm³/mol. The minimum Gasteiger partial charge on any atom is -0.305 e. The van der Waals surface area contributed by atoms with Crippen LogP contribution >= 0.6 is 11.3 Å². The van der Waals surface area contributed by atoms with Gasteiger partial charge in [-0.15, -0.1) is 11.3 Å². The molecule has 0 aliphatic heterocycles. The van der Waals surface area contributed by atoms with Crippen molar-refractivity contribution in [1.82, 2.24) is 10.3 Å². The van der Waals surface area contributed by atoms with E-state index in [1.54, 1.807) is 0 Å². The Morgan fingerprint density at radius 1 is 1.33 bits per heavy atom. The van der Waals surface area contributed by atoms with Crippen molar-refractivity contribution in [3.8, 4) is 0 Å². The maximum Gasteiger partial charge on any atom is 0.110 e. The van der Waals surface area contributed by atoms with E-state index in [1.165, 1.54) is 30.0 Å². The number of nitrogens with zero attached hydrogens (tertiary/aromatic N) is 1. The van der Waals surface area contributed by atoms with Gasteiger partial charge in [-0.05, 0) is 18.8 Å². The first-order valence-corrected chi connectivity index (χ1v) is 7.98. The van der Waals surface area contributed by atoms with Crippen LogP contribution in [-0.4, -0.2) is 11.0 Å². The number of hydrogen-bond donors (Lipinski definition) is 1. The lowest BCUT2D eigenvalue weighted by molar-refractivity contribution is 0.220. The van der Waals surface area contributed by atoms with E-state index >= 15 is 0 Å². The van der Waals surface area contributed by atoms with E-state index in [0.717, 1.165) is 5.92 Å². The molecular formula is C15H26N2S. The van der Waals surface area contributed by atoms with Crippen molar-refractivity contribution in [1.29, 1.82) is 0 Å². The fourth-order valence-electron chi connectivity index (χ4n) is 2.32. The molecule has 0 amide bonds. The van der Waals surface area contributed by atoms with Crippen molar-refractivity contribution in [3.63, 3.8) is 0 Å². The SMILES string of the molecule is CC(C)NC(c1nc(C(C)(C)C)cs1)C1CCC1. The molecule has 0 radical (unpaired) electrons. The predicted octanol–water partition coefficient (Wildman–Crippen LogP) is 4.28. The number of nitrogens with one attached hydrogen (secondary N) is 1. The average molecular weight is 266 g/mol. The zero-order chi connectivity index (χ0) is 13.3. The molecule has 1 aliphatic carbocycles. The molecule has 1 atom stereocenters. The Kier molecular flexibility index (Phi) is 4.12. The third-order valence-corrected chi connectivity index (χ3v) is 4.62. The van der Waals surface area contributed by atoms with Gasteiger partial charge in [0.1, 0.15) is 5.01 Å². The molecule has 0 saturated heterocycles. The lowest BCUT2D eigenvalue weighted by Crippen LogP contribution is -2.36. The van der Waals surface area contributed by atoms with Crippen LogP contribution in [0.3, 0.4) is 0 Å². The third kappa shape index (κ3) is 3.12. The van der Waals surface area contributed by atoms with Crippen LogP contribution in [0.2, 0.25) is 0 Å². The quantitative estimate of drug-likeness (QED) is 0.880. The van der Waals surface area contributed by atoms with Crippen LogP contribution in [0.1, 0.15) is 70.6 Å². The summed E-state index contributed by atoms with van der Waals surface area (Å²) < 4.78 is 0. The molecule has 3 heteroatoms. The number of rotatable bonds is 4. The van der Waals surface area contributed by atoms with Crippen molar-refractivity contribution in [2.75, 3.05) is 0 Å². The minimum atomic E-state index is 0.163. The van der Waals surface area contributed by atoms with Crippen molar-refractivity contribution in [2.45, 2.75) is 71.4 Å². The molecule has 1 aromatic rings. The highest BCUT2D eigenvalue weighted by Crippen LogP contribution is 2.39. The summed E-state index contributed by atoms with van der Waals surface area (Å²) >= 11 is 1.83. The summed E-state index contributed by atoms with van der Waals surface area (Å²) in [7, 11) is 0. The average Bonchev–Trinajstić information content (AvgIpc) is 2.60. The van der Waals surface area contributed by atoms with E-state index in [9.17, 15) is 0 Å². The summed E-state index contributed by atoms with van der Waals surface area (Å²) in [5.41, 5.74) is 1.40. The standard InChI is InChI=1S/C15H26N2S/c1-10(2)16-13(11-7-6-8-11)14-17-12(9-18-14)15(3,4)5/h9-11,13,16H,6-8H2,1-5H3. The molecule has 1 fully saturated rings. The van der Waals surface area contributed by atoms with Crippen LogP contribution in [-0.2, 0) is 5.41 Å². The minimum absolute atomic E-state index is 0.163. The van der Waals surface area contributed by atoms with Gasteiger partial charge >= 0.3 is 0 Å².